The number of hydrogen-bond donors (Lipinski definition) is 1. The summed E-state index contributed by atoms with van der Waals surface area (Å²) in [5.74, 6) is 0. The van der Waals surface area contributed by atoms with Gasteiger partial charge in [-0.15, -0.1) is 11.6 Å². The van der Waals surface area contributed by atoms with Crippen molar-refractivity contribution in [2.24, 2.45) is 0 Å². The molecule has 8 heavy (non-hydrogen) atoms. The summed E-state index contributed by atoms with van der Waals surface area (Å²) in [4.78, 5) is 0. The van der Waals surface area contributed by atoms with Crippen molar-refractivity contribution >= 4 is 11.6 Å². The predicted molar refractivity (Wildman–Crippen MR) is 38.5 cm³/mol. The van der Waals surface area contributed by atoms with Gasteiger partial charge in [0, 0.05) is 18.0 Å². The Morgan fingerprint density at radius 3 is 2.00 bits per heavy atom. The van der Waals surface area contributed by atoms with Crippen molar-refractivity contribution in [2.75, 3.05) is 6.54 Å². The first-order valence-corrected chi connectivity index (χ1v) is 3.44. The molecule has 0 aliphatic heterocycles. The van der Waals surface area contributed by atoms with Crippen LogP contribution < -0.4 is 5.32 Å². The average molecular weight is 136 g/mol. The first kappa shape index (κ1) is 8.25. The lowest BCUT2D eigenvalue weighted by Crippen LogP contribution is -2.27. The monoisotopic (exact) mass is 135 g/mol. The van der Waals surface area contributed by atoms with Crippen LogP contribution in [0, 0.1) is 0 Å². The van der Waals surface area contributed by atoms with E-state index in [9.17, 15) is 0 Å². The van der Waals surface area contributed by atoms with Crippen LogP contribution >= 0.6 is 11.6 Å². The standard InChI is InChI=1S/C6H14ClN/c1-5(2)8-4-6(3)7/h5-6,8H,4H2,1-3H3/t6-/m1/s1. The van der Waals surface area contributed by atoms with E-state index >= 15 is 0 Å². The molecule has 0 unspecified atom stereocenters. The first-order valence-electron chi connectivity index (χ1n) is 3.00. The smallest absolute Gasteiger partial charge is 0.0432 e. The highest BCUT2D eigenvalue weighted by molar-refractivity contribution is 6.20. The van der Waals surface area contributed by atoms with Crippen LogP contribution in [0.3, 0.4) is 0 Å². The minimum Gasteiger partial charge on any atom is -0.313 e. The largest absolute Gasteiger partial charge is 0.313 e. The number of alkyl halides is 1. The highest BCUT2D eigenvalue weighted by Gasteiger charge is 1.95. The molecular weight excluding hydrogens is 122 g/mol. The molecule has 0 amide bonds. The molecule has 0 fully saturated rings. The molecule has 0 bridgehead atoms. The van der Waals surface area contributed by atoms with Gasteiger partial charge in [-0.3, -0.25) is 0 Å². The highest BCUT2D eigenvalue weighted by atomic mass is 35.5. The third kappa shape index (κ3) is 6.25. The molecular formula is C6H14ClN. The molecule has 0 spiro atoms. The quantitative estimate of drug-likeness (QED) is 0.580. The van der Waals surface area contributed by atoms with Gasteiger partial charge < -0.3 is 5.32 Å². The van der Waals surface area contributed by atoms with Crippen LogP contribution in [0.2, 0.25) is 0 Å². The van der Waals surface area contributed by atoms with Gasteiger partial charge in [-0.2, -0.15) is 0 Å². The first-order chi connectivity index (χ1) is 3.63. The molecule has 0 heterocycles. The molecule has 0 aromatic heterocycles. The summed E-state index contributed by atoms with van der Waals surface area (Å²) in [7, 11) is 0. The summed E-state index contributed by atoms with van der Waals surface area (Å²) < 4.78 is 0. The molecule has 0 saturated carbocycles. The van der Waals surface area contributed by atoms with E-state index in [0.29, 0.717) is 6.04 Å². The molecule has 0 saturated heterocycles. The van der Waals surface area contributed by atoms with Crippen LogP contribution in [0.4, 0.5) is 0 Å². The highest BCUT2D eigenvalue weighted by Crippen LogP contribution is 1.89. The summed E-state index contributed by atoms with van der Waals surface area (Å²) in [6.45, 7) is 7.11. The van der Waals surface area contributed by atoms with Crippen molar-refractivity contribution in [3.8, 4) is 0 Å². The van der Waals surface area contributed by atoms with E-state index in [1.807, 2.05) is 6.92 Å². The normalized spacial score (nSPS) is 14.6. The van der Waals surface area contributed by atoms with E-state index in [1.165, 1.54) is 0 Å². The minimum absolute atomic E-state index is 0.248. The van der Waals surface area contributed by atoms with Gasteiger partial charge in [0.1, 0.15) is 0 Å². The molecule has 1 N–H and O–H groups in total. The summed E-state index contributed by atoms with van der Waals surface area (Å²) >= 11 is 5.66. The molecule has 2 heteroatoms. The van der Waals surface area contributed by atoms with Crippen LogP contribution in [-0.2, 0) is 0 Å². The SMILES string of the molecule is CC(C)NC[C@@H](C)Cl. The third-order valence-electron chi connectivity index (χ3n) is 0.807. The van der Waals surface area contributed by atoms with Crippen LogP contribution in [0.15, 0.2) is 0 Å². The molecule has 0 aliphatic carbocycles. The molecule has 0 rings (SSSR count). The molecule has 0 aromatic rings. The summed E-state index contributed by atoms with van der Waals surface area (Å²) in [5, 5.41) is 3.46. The van der Waals surface area contributed by atoms with Gasteiger partial charge in [0.2, 0.25) is 0 Å². The van der Waals surface area contributed by atoms with Gasteiger partial charge in [-0.1, -0.05) is 13.8 Å². The van der Waals surface area contributed by atoms with E-state index < -0.39 is 0 Å². The Balaban J connectivity index is 2.93. The maximum atomic E-state index is 5.66. The van der Waals surface area contributed by atoms with Crippen LogP contribution in [0.1, 0.15) is 20.8 Å². The number of rotatable bonds is 3. The maximum absolute atomic E-state index is 5.66. The van der Waals surface area contributed by atoms with Crippen molar-refractivity contribution < 1.29 is 0 Å². The molecule has 0 radical (unpaired) electrons. The van der Waals surface area contributed by atoms with Gasteiger partial charge in [0.25, 0.3) is 0 Å². The van der Waals surface area contributed by atoms with Gasteiger partial charge in [0.15, 0.2) is 0 Å². The van der Waals surface area contributed by atoms with Crippen LogP contribution in [-0.4, -0.2) is 18.0 Å². The molecule has 0 aliphatic rings. The fourth-order valence-corrected chi connectivity index (χ4v) is 0.487. The second-order valence-electron chi connectivity index (χ2n) is 2.34. The van der Waals surface area contributed by atoms with Crippen molar-refractivity contribution in [2.45, 2.75) is 32.2 Å². The van der Waals surface area contributed by atoms with E-state index in [0.717, 1.165) is 6.54 Å². The third-order valence-corrected chi connectivity index (χ3v) is 0.962. The van der Waals surface area contributed by atoms with Gasteiger partial charge in [-0.25, -0.2) is 0 Å². The fraction of sp³-hybridized carbons (Fsp3) is 1.00. The van der Waals surface area contributed by atoms with Gasteiger partial charge in [-0.05, 0) is 6.92 Å². The lowest BCUT2D eigenvalue weighted by molar-refractivity contribution is 0.587. The number of hydrogen-bond acceptors (Lipinski definition) is 1. The Hall–Kier alpha value is 0.250. The Morgan fingerprint density at radius 2 is 1.88 bits per heavy atom. The lowest BCUT2D eigenvalue weighted by atomic mass is 10.4. The zero-order chi connectivity index (χ0) is 6.57. The Morgan fingerprint density at radius 1 is 1.38 bits per heavy atom. The fourth-order valence-electron chi connectivity index (χ4n) is 0.398. The average Bonchev–Trinajstić information content (AvgIpc) is 1.61. The summed E-state index contributed by atoms with van der Waals surface area (Å²) in [5.41, 5.74) is 0. The Bertz CT molecular complexity index is 44.5. The Kier molecular flexibility index (Phi) is 4.29. The van der Waals surface area contributed by atoms with Crippen molar-refractivity contribution in [1.29, 1.82) is 0 Å². The summed E-state index contributed by atoms with van der Waals surface area (Å²) in [6, 6.07) is 0.552. The van der Waals surface area contributed by atoms with Crippen molar-refractivity contribution in [3.63, 3.8) is 0 Å². The van der Waals surface area contributed by atoms with Gasteiger partial charge in [0.05, 0.1) is 0 Å². The predicted octanol–water partition coefficient (Wildman–Crippen LogP) is 1.61. The van der Waals surface area contributed by atoms with Crippen LogP contribution in [0.5, 0.6) is 0 Å². The molecule has 0 aromatic carbocycles. The number of halogens is 1. The van der Waals surface area contributed by atoms with Crippen molar-refractivity contribution in [1.82, 2.24) is 5.32 Å². The zero-order valence-electron chi connectivity index (χ0n) is 5.74. The second-order valence-corrected chi connectivity index (χ2v) is 3.09. The van der Waals surface area contributed by atoms with Gasteiger partial charge >= 0.3 is 0 Å². The topological polar surface area (TPSA) is 12.0 Å². The lowest BCUT2D eigenvalue weighted by Gasteiger charge is -2.07. The van der Waals surface area contributed by atoms with Crippen LogP contribution in [0.25, 0.3) is 0 Å². The van der Waals surface area contributed by atoms with E-state index in [-0.39, 0.29) is 5.38 Å². The van der Waals surface area contributed by atoms with Crippen molar-refractivity contribution in [3.05, 3.63) is 0 Å². The van der Waals surface area contributed by atoms with E-state index in [1.54, 1.807) is 0 Å². The van der Waals surface area contributed by atoms with E-state index in [2.05, 4.69) is 19.2 Å². The molecule has 1 nitrogen and oxygen atoms in total. The van der Waals surface area contributed by atoms with E-state index in [4.69, 9.17) is 11.6 Å². The number of nitrogens with one attached hydrogen (secondary N) is 1. The molecule has 1 atom stereocenters. The summed E-state index contributed by atoms with van der Waals surface area (Å²) in [6.07, 6.45) is 0. The second kappa shape index (κ2) is 4.16. The Labute approximate surface area is 56.4 Å². The zero-order valence-corrected chi connectivity index (χ0v) is 6.50. The molecule has 50 valence electrons. The minimum atomic E-state index is 0.248. The maximum Gasteiger partial charge on any atom is 0.0432 e.